The van der Waals surface area contributed by atoms with Crippen molar-refractivity contribution in [2.75, 3.05) is 25.4 Å². The summed E-state index contributed by atoms with van der Waals surface area (Å²) in [4.78, 5) is 11.0. The summed E-state index contributed by atoms with van der Waals surface area (Å²) in [6.07, 6.45) is 1.83. The Morgan fingerprint density at radius 2 is 1.87 bits per heavy atom. The van der Waals surface area contributed by atoms with Gasteiger partial charge in [-0.1, -0.05) is 18.5 Å². The molecule has 1 aliphatic rings. The minimum Gasteiger partial charge on any atom is -0.381 e. The quantitative estimate of drug-likeness (QED) is 0.780. The summed E-state index contributed by atoms with van der Waals surface area (Å²) in [7, 11) is 0. The largest absolute Gasteiger partial charge is 0.381 e. The van der Waals surface area contributed by atoms with E-state index in [0.29, 0.717) is 11.0 Å². The molecule has 1 aliphatic heterocycles. The van der Waals surface area contributed by atoms with E-state index in [1.54, 1.807) is 0 Å². The van der Waals surface area contributed by atoms with Gasteiger partial charge in [-0.3, -0.25) is 0 Å². The highest BCUT2D eigenvalue weighted by atomic mass is 35.5. The van der Waals surface area contributed by atoms with E-state index < -0.39 is 0 Å². The number of rotatable bonds is 1. The fourth-order valence-electron chi connectivity index (χ4n) is 1.85. The van der Waals surface area contributed by atoms with E-state index in [-0.39, 0.29) is 0 Å². The van der Waals surface area contributed by atoms with E-state index >= 15 is 0 Å². The van der Waals surface area contributed by atoms with Crippen molar-refractivity contribution in [3.05, 3.63) is 16.5 Å². The Morgan fingerprint density at radius 1 is 1.27 bits per heavy atom. The maximum Gasteiger partial charge on any atom is 0.171 e. The lowest BCUT2D eigenvalue weighted by atomic mass is 10.2. The summed E-state index contributed by atoms with van der Waals surface area (Å²) in [6, 6.07) is 0. The van der Waals surface area contributed by atoms with Gasteiger partial charge in [-0.25, -0.2) is 9.97 Å². The number of anilines is 1. The molecule has 2 heterocycles. The summed E-state index contributed by atoms with van der Waals surface area (Å²) in [5.74, 6) is 0.348. The van der Waals surface area contributed by atoms with Crippen LogP contribution in [0.2, 0.25) is 5.15 Å². The summed E-state index contributed by atoms with van der Waals surface area (Å²) >= 11 is 5.86. The van der Waals surface area contributed by atoms with E-state index in [1.165, 1.54) is 0 Å². The molecule has 2 rings (SSSR count). The van der Waals surface area contributed by atoms with E-state index in [9.17, 15) is 0 Å². The number of aromatic nitrogens is 2. The summed E-state index contributed by atoms with van der Waals surface area (Å²) in [5, 5.41) is 0.332. The molecule has 1 aromatic heterocycles. The van der Waals surface area contributed by atoms with Crippen molar-refractivity contribution in [1.82, 2.24) is 14.9 Å². The molecule has 0 saturated heterocycles. The Hall–Kier alpha value is -0.870. The molecular formula is C10H15ClN4. The van der Waals surface area contributed by atoms with Gasteiger partial charge in [0, 0.05) is 25.9 Å². The van der Waals surface area contributed by atoms with Crippen LogP contribution in [-0.2, 0) is 12.8 Å². The molecule has 15 heavy (non-hydrogen) atoms. The molecule has 1 aromatic rings. The molecule has 4 nitrogen and oxygen atoms in total. The van der Waals surface area contributed by atoms with Crippen LogP contribution < -0.4 is 5.73 Å². The molecule has 0 spiro atoms. The minimum atomic E-state index is 0.332. The lowest BCUT2D eigenvalue weighted by Crippen LogP contribution is -2.25. The fraction of sp³-hybridized carbons (Fsp3) is 0.600. The zero-order valence-electron chi connectivity index (χ0n) is 8.83. The second kappa shape index (κ2) is 4.33. The molecule has 0 saturated carbocycles. The van der Waals surface area contributed by atoms with Crippen LogP contribution in [0.1, 0.15) is 18.3 Å². The van der Waals surface area contributed by atoms with E-state index in [4.69, 9.17) is 17.3 Å². The first-order chi connectivity index (χ1) is 7.20. The molecule has 0 aromatic carbocycles. The Kier molecular flexibility index (Phi) is 3.07. The van der Waals surface area contributed by atoms with Crippen molar-refractivity contribution < 1.29 is 0 Å². The van der Waals surface area contributed by atoms with Gasteiger partial charge in [-0.15, -0.1) is 0 Å². The highest BCUT2D eigenvalue weighted by molar-refractivity contribution is 6.31. The van der Waals surface area contributed by atoms with Gasteiger partial charge in [0.1, 0.15) is 0 Å². The van der Waals surface area contributed by atoms with Gasteiger partial charge in [-0.05, 0) is 6.54 Å². The van der Waals surface area contributed by atoms with Gasteiger partial charge < -0.3 is 10.6 Å². The number of nitrogens with two attached hydrogens (primary N) is 1. The second-order valence-electron chi connectivity index (χ2n) is 3.73. The minimum absolute atomic E-state index is 0.332. The van der Waals surface area contributed by atoms with Crippen molar-refractivity contribution in [2.45, 2.75) is 19.8 Å². The van der Waals surface area contributed by atoms with Crippen LogP contribution in [0.15, 0.2) is 0 Å². The third-order valence-corrected chi connectivity index (χ3v) is 3.09. The maximum atomic E-state index is 5.86. The van der Waals surface area contributed by atoms with Crippen molar-refractivity contribution in [1.29, 1.82) is 0 Å². The van der Waals surface area contributed by atoms with Crippen LogP contribution in [0.5, 0.6) is 0 Å². The van der Waals surface area contributed by atoms with Crippen LogP contribution in [0, 0.1) is 0 Å². The van der Waals surface area contributed by atoms with Crippen molar-refractivity contribution in [2.24, 2.45) is 0 Å². The lowest BCUT2D eigenvalue weighted by molar-refractivity contribution is 0.302. The first kappa shape index (κ1) is 10.6. The molecular weight excluding hydrogens is 212 g/mol. The number of hydrogen-bond donors (Lipinski definition) is 1. The van der Waals surface area contributed by atoms with Gasteiger partial charge in [0.2, 0.25) is 0 Å². The van der Waals surface area contributed by atoms with Crippen LogP contribution in [0.3, 0.4) is 0 Å². The highest BCUT2D eigenvalue weighted by Gasteiger charge is 2.16. The topological polar surface area (TPSA) is 55.0 Å². The molecule has 5 heteroatoms. The molecule has 0 unspecified atom stereocenters. The molecule has 0 bridgehead atoms. The second-order valence-corrected chi connectivity index (χ2v) is 4.09. The fourth-order valence-corrected chi connectivity index (χ4v) is 2.00. The SMILES string of the molecule is CCN1CCc2nc(N)c(Cl)nc2CC1. The monoisotopic (exact) mass is 226 g/mol. The van der Waals surface area contributed by atoms with Crippen molar-refractivity contribution in [3.8, 4) is 0 Å². The van der Waals surface area contributed by atoms with Crippen LogP contribution >= 0.6 is 11.6 Å². The van der Waals surface area contributed by atoms with Crippen LogP contribution in [-0.4, -0.2) is 34.5 Å². The molecule has 0 fully saturated rings. The first-order valence-electron chi connectivity index (χ1n) is 5.23. The zero-order valence-corrected chi connectivity index (χ0v) is 9.59. The predicted octanol–water partition coefficient (Wildman–Crippen LogP) is 1.13. The van der Waals surface area contributed by atoms with Crippen LogP contribution in [0.25, 0.3) is 0 Å². The van der Waals surface area contributed by atoms with Crippen molar-refractivity contribution in [3.63, 3.8) is 0 Å². The molecule has 0 amide bonds. The van der Waals surface area contributed by atoms with Gasteiger partial charge in [0.25, 0.3) is 0 Å². The Bertz CT molecular complexity index is 334. The summed E-state index contributed by atoms with van der Waals surface area (Å²) in [6.45, 7) is 5.28. The first-order valence-corrected chi connectivity index (χ1v) is 5.61. The number of fused-ring (bicyclic) bond motifs is 1. The number of hydrogen-bond acceptors (Lipinski definition) is 4. The number of nitrogen functional groups attached to an aromatic ring is 1. The Morgan fingerprint density at radius 3 is 2.47 bits per heavy atom. The van der Waals surface area contributed by atoms with Gasteiger partial charge >= 0.3 is 0 Å². The highest BCUT2D eigenvalue weighted by Crippen LogP contribution is 2.19. The third kappa shape index (κ3) is 2.21. The Labute approximate surface area is 94.5 Å². The normalized spacial score (nSPS) is 17.2. The summed E-state index contributed by atoms with van der Waals surface area (Å²) < 4.78 is 0. The zero-order chi connectivity index (χ0) is 10.8. The molecule has 0 radical (unpaired) electrons. The van der Waals surface area contributed by atoms with E-state index in [0.717, 1.165) is 43.9 Å². The molecule has 0 aliphatic carbocycles. The maximum absolute atomic E-state index is 5.86. The van der Waals surface area contributed by atoms with Gasteiger partial charge in [-0.2, -0.15) is 0 Å². The predicted molar refractivity (Wildman–Crippen MR) is 61.0 cm³/mol. The molecule has 82 valence electrons. The average molecular weight is 227 g/mol. The van der Waals surface area contributed by atoms with Crippen molar-refractivity contribution >= 4 is 17.4 Å². The van der Waals surface area contributed by atoms with Gasteiger partial charge in [0.05, 0.1) is 11.4 Å². The smallest absolute Gasteiger partial charge is 0.171 e. The summed E-state index contributed by atoms with van der Waals surface area (Å²) in [5.41, 5.74) is 7.65. The number of nitrogens with zero attached hydrogens (tertiary/aromatic N) is 3. The third-order valence-electron chi connectivity index (χ3n) is 2.81. The average Bonchev–Trinajstić information content (AvgIpc) is 2.42. The number of likely N-dealkylation sites (N-methyl/N-ethyl adjacent to an activating group) is 1. The Balaban J connectivity index is 2.27. The molecule has 0 atom stereocenters. The number of halogens is 1. The standard InChI is InChI=1S/C10H15ClN4/c1-2-15-5-3-7-8(4-6-15)14-10(12)9(11)13-7/h2-6H2,1H3,(H2,12,14). The molecule has 2 N–H and O–H groups in total. The van der Waals surface area contributed by atoms with E-state index in [1.807, 2.05) is 0 Å². The van der Waals surface area contributed by atoms with E-state index in [2.05, 4.69) is 21.8 Å². The lowest BCUT2D eigenvalue weighted by Gasteiger charge is -2.15. The van der Waals surface area contributed by atoms with Crippen LogP contribution in [0.4, 0.5) is 5.82 Å². The van der Waals surface area contributed by atoms with Gasteiger partial charge in [0.15, 0.2) is 11.0 Å².